The van der Waals surface area contributed by atoms with Crippen LogP contribution in [0.1, 0.15) is 25.4 Å². The van der Waals surface area contributed by atoms with Gasteiger partial charge < -0.3 is 10.3 Å². The van der Waals surface area contributed by atoms with Crippen LogP contribution < -0.4 is 5.32 Å². The lowest BCUT2D eigenvalue weighted by atomic mass is 10.1. The van der Waals surface area contributed by atoms with Gasteiger partial charge in [0, 0.05) is 17.3 Å². The first kappa shape index (κ1) is 12.8. The third kappa shape index (κ3) is 2.96. The molecule has 1 aromatic heterocycles. The maximum absolute atomic E-state index is 13.2. The van der Waals surface area contributed by atoms with Gasteiger partial charge in [-0.15, -0.1) is 0 Å². The average Bonchev–Trinajstić information content (AvgIpc) is 2.68. The van der Waals surface area contributed by atoms with E-state index in [1.54, 1.807) is 6.07 Å². The third-order valence-electron chi connectivity index (χ3n) is 2.71. The first-order valence-corrected chi connectivity index (χ1v) is 6.11. The van der Waals surface area contributed by atoms with Crippen LogP contribution in [0.25, 0.3) is 11.3 Å². The summed E-state index contributed by atoms with van der Waals surface area (Å²) in [7, 11) is 0. The van der Waals surface area contributed by atoms with Crippen molar-refractivity contribution in [2.24, 2.45) is 0 Å². The van der Waals surface area contributed by atoms with Crippen molar-refractivity contribution in [3.05, 3.63) is 41.6 Å². The van der Waals surface area contributed by atoms with Gasteiger partial charge in [-0.2, -0.15) is 0 Å². The van der Waals surface area contributed by atoms with Gasteiger partial charge in [0.2, 0.25) is 0 Å². The van der Waals surface area contributed by atoms with Crippen LogP contribution in [0.2, 0.25) is 0 Å². The molecule has 18 heavy (non-hydrogen) atoms. The minimum absolute atomic E-state index is 0.239. The zero-order valence-electron chi connectivity index (χ0n) is 10.9. The molecular weight excluding hydrogens is 229 g/mol. The summed E-state index contributed by atoms with van der Waals surface area (Å²) in [6, 6.07) is 6.92. The molecule has 0 saturated heterocycles. The van der Waals surface area contributed by atoms with Gasteiger partial charge >= 0.3 is 0 Å². The molecule has 96 valence electrons. The highest BCUT2D eigenvalue weighted by atomic mass is 19.1. The molecule has 0 saturated carbocycles. The Balaban J connectivity index is 2.24. The number of hydrogen-bond acceptors (Lipinski definition) is 2. The highest BCUT2D eigenvalue weighted by molar-refractivity contribution is 5.61. The predicted molar refractivity (Wildman–Crippen MR) is 70.7 cm³/mol. The third-order valence-corrected chi connectivity index (χ3v) is 2.71. The molecule has 4 heteroatoms. The maximum atomic E-state index is 13.2. The highest BCUT2D eigenvalue weighted by Gasteiger charge is 2.09. The first-order valence-electron chi connectivity index (χ1n) is 6.11. The second-order valence-corrected chi connectivity index (χ2v) is 4.70. The lowest BCUT2D eigenvalue weighted by Crippen LogP contribution is -2.22. The summed E-state index contributed by atoms with van der Waals surface area (Å²) in [4.78, 5) is 7.73. The molecule has 2 aromatic rings. The number of imidazole rings is 1. The summed E-state index contributed by atoms with van der Waals surface area (Å²) < 4.78 is 13.2. The van der Waals surface area contributed by atoms with Crippen molar-refractivity contribution in [3.63, 3.8) is 0 Å². The number of H-pyrrole nitrogens is 1. The molecule has 0 aliphatic heterocycles. The quantitative estimate of drug-likeness (QED) is 0.872. The molecule has 0 aliphatic carbocycles. The Hall–Kier alpha value is -1.68. The van der Waals surface area contributed by atoms with Crippen LogP contribution in [0.3, 0.4) is 0 Å². The molecular formula is C14H18FN3. The van der Waals surface area contributed by atoms with Crippen LogP contribution >= 0.6 is 0 Å². The monoisotopic (exact) mass is 247 g/mol. The van der Waals surface area contributed by atoms with Crippen molar-refractivity contribution in [2.75, 3.05) is 0 Å². The Morgan fingerprint density at radius 3 is 2.83 bits per heavy atom. The summed E-state index contributed by atoms with van der Waals surface area (Å²) >= 11 is 0. The van der Waals surface area contributed by atoms with Gasteiger partial charge in [-0.25, -0.2) is 9.37 Å². The van der Waals surface area contributed by atoms with Crippen LogP contribution in [0.15, 0.2) is 24.3 Å². The van der Waals surface area contributed by atoms with E-state index in [1.807, 2.05) is 13.0 Å². The van der Waals surface area contributed by atoms with Crippen LogP contribution in [0.4, 0.5) is 4.39 Å². The Morgan fingerprint density at radius 2 is 2.17 bits per heavy atom. The van der Waals surface area contributed by atoms with Crippen LogP contribution in [0.5, 0.6) is 0 Å². The number of nitrogens with zero attached hydrogens (tertiary/aromatic N) is 1. The second-order valence-electron chi connectivity index (χ2n) is 4.70. The van der Waals surface area contributed by atoms with E-state index in [0.29, 0.717) is 12.6 Å². The fraction of sp³-hybridized carbons (Fsp3) is 0.357. The standard InChI is InChI=1S/C14H18FN3/c1-9(2)16-8-13-17-10(3)14(18-13)11-5-4-6-12(15)7-11/h4-7,9,16H,8H2,1-3H3,(H,17,18). The Labute approximate surface area is 106 Å². The average molecular weight is 247 g/mol. The normalized spacial score (nSPS) is 11.2. The summed E-state index contributed by atoms with van der Waals surface area (Å²) in [5.41, 5.74) is 2.58. The number of benzene rings is 1. The van der Waals surface area contributed by atoms with E-state index < -0.39 is 0 Å². The molecule has 0 amide bonds. The van der Waals surface area contributed by atoms with Crippen molar-refractivity contribution < 1.29 is 4.39 Å². The molecule has 2 rings (SSSR count). The van der Waals surface area contributed by atoms with E-state index in [9.17, 15) is 4.39 Å². The SMILES string of the molecule is Cc1[nH]c(CNC(C)C)nc1-c1cccc(F)c1. The number of aryl methyl sites for hydroxylation is 1. The zero-order chi connectivity index (χ0) is 13.1. The lowest BCUT2D eigenvalue weighted by molar-refractivity contribution is 0.575. The van der Waals surface area contributed by atoms with Gasteiger partial charge in [-0.05, 0) is 19.1 Å². The fourth-order valence-corrected chi connectivity index (χ4v) is 1.82. The topological polar surface area (TPSA) is 40.7 Å². The Morgan fingerprint density at radius 1 is 1.39 bits per heavy atom. The van der Waals surface area contributed by atoms with E-state index in [2.05, 4.69) is 29.1 Å². The summed E-state index contributed by atoms with van der Waals surface area (Å²) in [6.45, 7) is 6.81. The molecule has 0 radical (unpaired) electrons. The lowest BCUT2D eigenvalue weighted by Gasteiger charge is -2.04. The predicted octanol–water partition coefficient (Wildman–Crippen LogP) is 3.02. The molecule has 1 aromatic carbocycles. The van der Waals surface area contributed by atoms with Crippen LogP contribution in [-0.4, -0.2) is 16.0 Å². The summed E-state index contributed by atoms with van der Waals surface area (Å²) in [6.07, 6.45) is 0. The fourth-order valence-electron chi connectivity index (χ4n) is 1.82. The number of halogens is 1. The molecule has 0 bridgehead atoms. The van der Waals surface area contributed by atoms with E-state index in [-0.39, 0.29) is 5.82 Å². The molecule has 0 atom stereocenters. The van der Waals surface area contributed by atoms with Gasteiger partial charge in [0.1, 0.15) is 11.6 Å². The van der Waals surface area contributed by atoms with Gasteiger partial charge in [0.05, 0.1) is 12.2 Å². The largest absolute Gasteiger partial charge is 0.344 e. The zero-order valence-corrected chi connectivity index (χ0v) is 10.9. The molecule has 2 N–H and O–H groups in total. The highest BCUT2D eigenvalue weighted by Crippen LogP contribution is 2.21. The molecule has 0 unspecified atom stereocenters. The van der Waals surface area contributed by atoms with Crippen molar-refractivity contribution in [1.82, 2.24) is 15.3 Å². The number of rotatable bonds is 4. The number of hydrogen-bond donors (Lipinski definition) is 2. The molecule has 3 nitrogen and oxygen atoms in total. The van der Waals surface area contributed by atoms with Gasteiger partial charge in [-0.1, -0.05) is 26.0 Å². The maximum Gasteiger partial charge on any atom is 0.123 e. The van der Waals surface area contributed by atoms with Gasteiger partial charge in [0.25, 0.3) is 0 Å². The summed E-state index contributed by atoms with van der Waals surface area (Å²) in [5.74, 6) is 0.636. The second kappa shape index (κ2) is 5.31. The van der Waals surface area contributed by atoms with E-state index in [4.69, 9.17) is 0 Å². The van der Waals surface area contributed by atoms with Crippen molar-refractivity contribution >= 4 is 0 Å². The van der Waals surface area contributed by atoms with Crippen LogP contribution in [-0.2, 0) is 6.54 Å². The minimum Gasteiger partial charge on any atom is -0.344 e. The minimum atomic E-state index is -0.239. The van der Waals surface area contributed by atoms with E-state index in [1.165, 1.54) is 12.1 Å². The summed E-state index contributed by atoms with van der Waals surface area (Å²) in [5, 5.41) is 3.30. The van der Waals surface area contributed by atoms with Gasteiger partial charge in [-0.3, -0.25) is 0 Å². The van der Waals surface area contributed by atoms with E-state index >= 15 is 0 Å². The Bertz CT molecular complexity index is 532. The number of nitrogens with one attached hydrogen (secondary N) is 2. The smallest absolute Gasteiger partial charge is 0.123 e. The number of aromatic amines is 1. The Kier molecular flexibility index (Phi) is 3.77. The number of aromatic nitrogens is 2. The first-order chi connectivity index (χ1) is 8.56. The molecule has 1 heterocycles. The molecule has 0 spiro atoms. The van der Waals surface area contributed by atoms with Crippen molar-refractivity contribution in [2.45, 2.75) is 33.4 Å². The van der Waals surface area contributed by atoms with Gasteiger partial charge in [0.15, 0.2) is 0 Å². The van der Waals surface area contributed by atoms with E-state index in [0.717, 1.165) is 22.8 Å². The van der Waals surface area contributed by atoms with Crippen molar-refractivity contribution in [1.29, 1.82) is 0 Å². The van der Waals surface area contributed by atoms with Crippen LogP contribution in [0, 0.1) is 12.7 Å². The van der Waals surface area contributed by atoms with Crippen molar-refractivity contribution in [3.8, 4) is 11.3 Å². The molecule has 0 aliphatic rings. The molecule has 0 fully saturated rings.